The molecule has 156 valence electrons. The molecule has 0 aliphatic carbocycles. The zero-order valence-electron chi connectivity index (χ0n) is 17.2. The first-order valence-corrected chi connectivity index (χ1v) is 10.1. The first-order chi connectivity index (χ1) is 13.4. The fraction of sp³-hybridized carbons (Fsp3) is 0.571. The Kier molecular flexibility index (Phi) is 8.31. The zero-order valence-corrected chi connectivity index (χ0v) is 18.0. The van der Waals surface area contributed by atoms with E-state index < -0.39 is 12.1 Å². The molecule has 1 aromatic carbocycles. The number of amides is 1. The second-order valence-electron chi connectivity index (χ2n) is 6.52. The number of hydrogen-bond acceptors (Lipinski definition) is 5. The smallest absolute Gasteiger partial charge is 0.332 e. The summed E-state index contributed by atoms with van der Waals surface area (Å²) in [7, 11) is 0. The normalized spacial score (nSPS) is 21.4. The topological polar surface area (TPSA) is 66.0 Å². The van der Waals surface area contributed by atoms with Gasteiger partial charge in [0.15, 0.2) is 0 Å². The highest BCUT2D eigenvalue weighted by Gasteiger charge is 2.52. The molecule has 2 rings (SSSR count). The standard InChI is InChI=1S/C21H30ClNO5/c1-6-25-19-14(4)21(26-7-2,27-8-3)28-15(5)18(19)20(24)23-13-16-9-11-17(22)12-10-16/h9-12,14,19H,6-8,13H2,1-5H3,(H,23,24)/t14-,19+/m1/s1. The van der Waals surface area contributed by atoms with Crippen molar-refractivity contribution in [3.05, 3.63) is 46.2 Å². The van der Waals surface area contributed by atoms with Gasteiger partial charge in [0.05, 0.1) is 24.7 Å². The van der Waals surface area contributed by atoms with E-state index in [4.69, 9.17) is 30.5 Å². The van der Waals surface area contributed by atoms with Gasteiger partial charge in [-0.2, -0.15) is 0 Å². The average molecular weight is 412 g/mol. The van der Waals surface area contributed by atoms with Crippen LogP contribution < -0.4 is 5.32 Å². The number of carbonyl (C=O) groups is 1. The van der Waals surface area contributed by atoms with Crippen LogP contribution in [0.3, 0.4) is 0 Å². The van der Waals surface area contributed by atoms with Crippen molar-refractivity contribution in [2.45, 2.75) is 53.2 Å². The number of allylic oxidation sites excluding steroid dienone is 1. The molecule has 0 bridgehead atoms. The van der Waals surface area contributed by atoms with Crippen LogP contribution in [0.4, 0.5) is 0 Å². The molecule has 6 nitrogen and oxygen atoms in total. The molecular formula is C21H30ClNO5. The fourth-order valence-corrected chi connectivity index (χ4v) is 3.47. The van der Waals surface area contributed by atoms with E-state index in [1.807, 2.05) is 39.8 Å². The van der Waals surface area contributed by atoms with Crippen molar-refractivity contribution in [1.29, 1.82) is 0 Å². The monoisotopic (exact) mass is 411 g/mol. The van der Waals surface area contributed by atoms with Gasteiger partial charge in [-0.3, -0.25) is 4.79 Å². The third-order valence-electron chi connectivity index (χ3n) is 4.62. The van der Waals surface area contributed by atoms with Crippen LogP contribution in [0.25, 0.3) is 0 Å². The van der Waals surface area contributed by atoms with Crippen LogP contribution in [-0.2, 0) is 30.3 Å². The molecule has 1 amide bonds. The number of halogens is 1. The highest BCUT2D eigenvalue weighted by Crippen LogP contribution is 2.40. The maximum Gasteiger partial charge on any atom is 0.332 e. The van der Waals surface area contributed by atoms with Crippen molar-refractivity contribution in [3.63, 3.8) is 0 Å². The summed E-state index contributed by atoms with van der Waals surface area (Å²) in [4.78, 5) is 13.0. The molecule has 0 saturated carbocycles. The summed E-state index contributed by atoms with van der Waals surface area (Å²) in [5.74, 6) is -1.41. The van der Waals surface area contributed by atoms with Gasteiger partial charge in [-0.15, -0.1) is 0 Å². The van der Waals surface area contributed by atoms with E-state index in [2.05, 4.69) is 5.32 Å². The van der Waals surface area contributed by atoms with E-state index in [9.17, 15) is 4.79 Å². The molecule has 7 heteroatoms. The molecule has 0 spiro atoms. The highest BCUT2D eigenvalue weighted by atomic mass is 35.5. The number of nitrogens with one attached hydrogen (secondary N) is 1. The zero-order chi connectivity index (χ0) is 20.7. The highest BCUT2D eigenvalue weighted by molar-refractivity contribution is 6.30. The van der Waals surface area contributed by atoms with E-state index in [0.717, 1.165) is 5.56 Å². The summed E-state index contributed by atoms with van der Waals surface area (Å²) in [5.41, 5.74) is 1.41. The summed E-state index contributed by atoms with van der Waals surface area (Å²) < 4.78 is 23.6. The second-order valence-corrected chi connectivity index (χ2v) is 6.95. The number of benzene rings is 1. The summed E-state index contributed by atoms with van der Waals surface area (Å²) in [6.45, 7) is 10.9. The predicted octanol–water partition coefficient (Wildman–Crippen LogP) is 4.03. The van der Waals surface area contributed by atoms with Gasteiger partial charge in [0, 0.05) is 18.2 Å². The van der Waals surface area contributed by atoms with Gasteiger partial charge < -0.3 is 24.3 Å². The van der Waals surface area contributed by atoms with Crippen LogP contribution in [0.5, 0.6) is 0 Å². The van der Waals surface area contributed by atoms with Gasteiger partial charge in [0.25, 0.3) is 5.91 Å². The molecule has 1 aliphatic rings. The Hall–Kier alpha value is -1.60. The predicted molar refractivity (Wildman–Crippen MR) is 108 cm³/mol. The lowest BCUT2D eigenvalue weighted by atomic mass is 9.90. The van der Waals surface area contributed by atoms with Crippen LogP contribution >= 0.6 is 11.6 Å². The van der Waals surface area contributed by atoms with E-state index in [0.29, 0.717) is 42.7 Å². The van der Waals surface area contributed by atoms with Gasteiger partial charge in [-0.05, 0) is 45.4 Å². The Balaban J connectivity index is 2.26. The van der Waals surface area contributed by atoms with Crippen molar-refractivity contribution in [1.82, 2.24) is 5.32 Å². The molecule has 0 unspecified atom stereocenters. The lowest BCUT2D eigenvalue weighted by Crippen LogP contribution is -2.55. The molecule has 0 fully saturated rings. The first-order valence-electron chi connectivity index (χ1n) is 9.70. The summed E-state index contributed by atoms with van der Waals surface area (Å²) in [6, 6.07) is 7.33. The Bertz CT molecular complexity index is 683. The number of rotatable bonds is 9. The van der Waals surface area contributed by atoms with Crippen molar-refractivity contribution >= 4 is 17.5 Å². The SMILES string of the molecule is CCO[C@@H]1C(C(=O)NCc2ccc(Cl)cc2)=C(C)OC(OCC)(OCC)[C@@H]1C. The van der Waals surface area contributed by atoms with Gasteiger partial charge in [0.2, 0.25) is 0 Å². The van der Waals surface area contributed by atoms with Crippen LogP contribution in [0, 0.1) is 5.92 Å². The molecule has 2 atom stereocenters. The molecule has 1 aliphatic heterocycles. The third kappa shape index (κ3) is 5.06. The van der Waals surface area contributed by atoms with Crippen LogP contribution in [0.15, 0.2) is 35.6 Å². The lowest BCUT2D eigenvalue weighted by Gasteiger charge is -2.45. The maximum absolute atomic E-state index is 13.0. The molecule has 1 heterocycles. The van der Waals surface area contributed by atoms with E-state index in [-0.39, 0.29) is 11.8 Å². The first kappa shape index (κ1) is 22.7. The molecule has 1 N–H and O–H groups in total. The van der Waals surface area contributed by atoms with Crippen LogP contribution in [0.2, 0.25) is 5.02 Å². The summed E-state index contributed by atoms with van der Waals surface area (Å²) in [5, 5.41) is 3.59. The lowest BCUT2D eigenvalue weighted by molar-refractivity contribution is -0.401. The molecule has 28 heavy (non-hydrogen) atoms. The van der Waals surface area contributed by atoms with Crippen molar-refractivity contribution < 1.29 is 23.7 Å². The minimum absolute atomic E-state index is 0.237. The van der Waals surface area contributed by atoms with E-state index in [1.54, 1.807) is 19.1 Å². The Morgan fingerprint density at radius 1 is 1.14 bits per heavy atom. The third-order valence-corrected chi connectivity index (χ3v) is 4.87. The minimum atomic E-state index is -1.27. The van der Waals surface area contributed by atoms with Crippen LogP contribution in [-0.4, -0.2) is 37.8 Å². The molecule has 1 aromatic rings. The number of hydrogen-bond donors (Lipinski definition) is 1. The Morgan fingerprint density at radius 3 is 2.29 bits per heavy atom. The van der Waals surface area contributed by atoms with Gasteiger partial charge in [0.1, 0.15) is 11.9 Å². The summed E-state index contributed by atoms with van der Waals surface area (Å²) in [6.07, 6.45) is -0.512. The largest absolute Gasteiger partial charge is 0.443 e. The Labute approximate surface area is 172 Å². The molecular weight excluding hydrogens is 382 g/mol. The maximum atomic E-state index is 13.0. The Morgan fingerprint density at radius 2 is 1.75 bits per heavy atom. The van der Waals surface area contributed by atoms with Gasteiger partial charge in [-0.25, -0.2) is 0 Å². The minimum Gasteiger partial charge on any atom is -0.443 e. The fourth-order valence-electron chi connectivity index (χ4n) is 3.34. The summed E-state index contributed by atoms with van der Waals surface area (Å²) >= 11 is 5.91. The molecule has 0 aromatic heterocycles. The molecule has 0 radical (unpaired) electrons. The van der Waals surface area contributed by atoms with Crippen molar-refractivity contribution in [2.24, 2.45) is 5.92 Å². The van der Waals surface area contributed by atoms with Gasteiger partial charge in [-0.1, -0.05) is 30.7 Å². The van der Waals surface area contributed by atoms with Crippen LogP contribution in [0.1, 0.15) is 40.2 Å². The second kappa shape index (κ2) is 10.3. The van der Waals surface area contributed by atoms with Crippen molar-refractivity contribution in [2.75, 3.05) is 19.8 Å². The van der Waals surface area contributed by atoms with E-state index in [1.165, 1.54) is 0 Å². The average Bonchev–Trinajstić information content (AvgIpc) is 2.66. The quantitative estimate of drug-likeness (QED) is 0.621. The van der Waals surface area contributed by atoms with E-state index >= 15 is 0 Å². The van der Waals surface area contributed by atoms with Crippen molar-refractivity contribution in [3.8, 4) is 0 Å². The number of ether oxygens (including phenoxy) is 4. The molecule has 0 saturated heterocycles. The van der Waals surface area contributed by atoms with Gasteiger partial charge >= 0.3 is 5.97 Å². The number of carbonyl (C=O) groups excluding carboxylic acids is 1.